The van der Waals surface area contributed by atoms with Crippen molar-refractivity contribution in [1.29, 1.82) is 0 Å². The Morgan fingerprint density at radius 1 is 1.00 bits per heavy atom. The zero-order valence-electron chi connectivity index (χ0n) is 14.8. The highest BCUT2D eigenvalue weighted by atomic mass is 19.2. The fraction of sp³-hybridized carbons (Fsp3) is 0.200. The third-order valence-corrected chi connectivity index (χ3v) is 5.13. The summed E-state index contributed by atoms with van der Waals surface area (Å²) in [6, 6.07) is 8.61. The molecule has 0 bridgehead atoms. The van der Waals surface area contributed by atoms with Crippen molar-refractivity contribution >= 4 is 11.6 Å². The van der Waals surface area contributed by atoms with Gasteiger partial charge in [0.25, 0.3) is 0 Å². The summed E-state index contributed by atoms with van der Waals surface area (Å²) in [7, 11) is 0. The molecule has 0 radical (unpaired) electrons. The second-order valence-corrected chi connectivity index (χ2v) is 6.90. The van der Waals surface area contributed by atoms with Crippen molar-refractivity contribution in [1.82, 2.24) is 5.16 Å². The summed E-state index contributed by atoms with van der Waals surface area (Å²) in [5.74, 6) is -3.35. The van der Waals surface area contributed by atoms with E-state index in [9.17, 15) is 18.0 Å². The molecule has 0 atom stereocenters. The Morgan fingerprint density at radius 2 is 1.79 bits per heavy atom. The summed E-state index contributed by atoms with van der Waals surface area (Å²) in [5, 5.41) is 6.33. The highest BCUT2D eigenvalue weighted by molar-refractivity contribution is 6.01. The molecule has 29 heavy (non-hydrogen) atoms. The lowest BCUT2D eigenvalue weighted by Gasteiger charge is -2.13. The standard InChI is InChI=1S/C20H13F3N2O4/c21-11-2-3-12(18(23)17(11)22)24-19(26)20(5-6-20)16-8-14(29-25-16)10-1-4-13-15(7-10)28-9-27-13/h1-4,7-8H,5-6,9H2,(H,24,26). The molecule has 1 saturated carbocycles. The van der Waals surface area contributed by atoms with E-state index in [1.165, 1.54) is 0 Å². The number of amides is 1. The van der Waals surface area contributed by atoms with Gasteiger partial charge in [0.05, 0.1) is 16.8 Å². The van der Waals surface area contributed by atoms with Crippen LogP contribution in [0.3, 0.4) is 0 Å². The van der Waals surface area contributed by atoms with Crippen molar-refractivity contribution in [3.05, 3.63) is 59.5 Å². The summed E-state index contributed by atoms with van der Waals surface area (Å²) in [4.78, 5) is 12.7. The number of rotatable bonds is 4. The average molecular weight is 402 g/mol. The van der Waals surface area contributed by atoms with Gasteiger partial charge in [-0.3, -0.25) is 4.79 Å². The smallest absolute Gasteiger partial charge is 0.236 e. The van der Waals surface area contributed by atoms with Gasteiger partial charge in [0, 0.05) is 11.6 Å². The number of aromatic nitrogens is 1. The third kappa shape index (κ3) is 2.81. The molecular formula is C20H13F3N2O4. The van der Waals surface area contributed by atoms with E-state index in [0.717, 1.165) is 12.1 Å². The summed E-state index contributed by atoms with van der Waals surface area (Å²) < 4.78 is 56.4. The molecule has 1 amide bonds. The van der Waals surface area contributed by atoms with Crippen molar-refractivity contribution in [3.8, 4) is 22.8 Å². The molecule has 1 fully saturated rings. The van der Waals surface area contributed by atoms with Crippen molar-refractivity contribution in [2.45, 2.75) is 18.3 Å². The zero-order chi connectivity index (χ0) is 20.2. The van der Waals surface area contributed by atoms with Crippen LogP contribution in [0.4, 0.5) is 18.9 Å². The molecule has 5 rings (SSSR count). The number of fused-ring (bicyclic) bond motifs is 1. The Bertz CT molecular complexity index is 1140. The van der Waals surface area contributed by atoms with Crippen LogP contribution in [0.25, 0.3) is 11.3 Å². The van der Waals surface area contributed by atoms with E-state index in [1.807, 2.05) is 0 Å². The molecule has 1 aliphatic carbocycles. The predicted molar refractivity (Wildman–Crippen MR) is 93.9 cm³/mol. The van der Waals surface area contributed by atoms with E-state index in [-0.39, 0.29) is 6.79 Å². The van der Waals surface area contributed by atoms with E-state index in [1.54, 1.807) is 24.3 Å². The number of halogens is 3. The van der Waals surface area contributed by atoms with Gasteiger partial charge >= 0.3 is 0 Å². The fourth-order valence-corrected chi connectivity index (χ4v) is 3.28. The topological polar surface area (TPSA) is 73.6 Å². The molecule has 148 valence electrons. The van der Waals surface area contributed by atoms with Gasteiger partial charge < -0.3 is 19.3 Å². The number of carbonyl (C=O) groups is 1. The fourth-order valence-electron chi connectivity index (χ4n) is 3.28. The van der Waals surface area contributed by atoms with E-state index < -0.39 is 34.5 Å². The van der Waals surface area contributed by atoms with E-state index in [0.29, 0.717) is 41.4 Å². The largest absolute Gasteiger partial charge is 0.454 e. The number of hydrogen-bond donors (Lipinski definition) is 1. The minimum Gasteiger partial charge on any atom is -0.454 e. The van der Waals surface area contributed by atoms with Crippen LogP contribution in [0, 0.1) is 17.5 Å². The van der Waals surface area contributed by atoms with Crippen molar-refractivity contribution in [2.75, 3.05) is 12.1 Å². The summed E-state index contributed by atoms with van der Waals surface area (Å²) in [6.45, 7) is 0.143. The van der Waals surface area contributed by atoms with E-state index in [4.69, 9.17) is 14.0 Å². The Kier molecular flexibility index (Phi) is 3.80. The van der Waals surface area contributed by atoms with Gasteiger partial charge in [-0.05, 0) is 43.2 Å². The molecule has 0 spiro atoms. The molecule has 1 N–H and O–H groups in total. The molecule has 0 unspecified atom stereocenters. The minimum absolute atomic E-state index is 0.143. The number of nitrogens with zero attached hydrogens (tertiary/aromatic N) is 1. The maximum absolute atomic E-state index is 13.9. The monoisotopic (exact) mass is 402 g/mol. The van der Waals surface area contributed by atoms with E-state index >= 15 is 0 Å². The minimum atomic E-state index is -1.64. The lowest BCUT2D eigenvalue weighted by molar-refractivity contribution is -0.118. The van der Waals surface area contributed by atoms with Crippen LogP contribution in [0.15, 0.2) is 40.9 Å². The number of carbonyl (C=O) groups excluding carboxylic acids is 1. The normalized spacial score (nSPS) is 16.0. The molecule has 3 aromatic rings. The summed E-state index contributed by atoms with van der Waals surface area (Å²) >= 11 is 0. The van der Waals surface area contributed by atoms with Crippen molar-refractivity contribution in [3.63, 3.8) is 0 Å². The Labute approximate surface area is 162 Å². The third-order valence-electron chi connectivity index (χ3n) is 5.13. The van der Waals surface area contributed by atoms with Crippen LogP contribution < -0.4 is 14.8 Å². The Morgan fingerprint density at radius 3 is 2.59 bits per heavy atom. The number of ether oxygens (including phenoxy) is 2. The first kappa shape index (κ1) is 17.6. The number of benzene rings is 2. The summed E-state index contributed by atoms with van der Waals surface area (Å²) in [6.07, 6.45) is 0.939. The van der Waals surface area contributed by atoms with Gasteiger partial charge in [0.1, 0.15) is 0 Å². The second-order valence-electron chi connectivity index (χ2n) is 6.90. The number of hydrogen-bond acceptors (Lipinski definition) is 5. The Balaban J connectivity index is 1.40. The van der Waals surface area contributed by atoms with Crippen LogP contribution >= 0.6 is 0 Å². The maximum atomic E-state index is 13.9. The maximum Gasteiger partial charge on any atom is 0.236 e. The van der Waals surface area contributed by atoms with Gasteiger partial charge in [-0.15, -0.1) is 0 Å². The first-order valence-corrected chi connectivity index (χ1v) is 8.80. The van der Waals surface area contributed by atoms with Crippen LogP contribution in [0.5, 0.6) is 11.5 Å². The number of nitrogens with one attached hydrogen (secondary N) is 1. The lowest BCUT2D eigenvalue weighted by atomic mass is 10.00. The molecule has 0 saturated heterocycles. The molecule has 2 heterocycles. The molecule has 6 nitrogen and oxygen atoms in total. The van der Waals surface area contributed by atoms with Crippen LogP contribution in [-0.4, -0.2) is 17.9 Å². The first-order valence-electron chi connectivity index (χ1n) is 8.80. The molecular weight excluding hydrogens is 389 g/mol. The highest BCUT2D eigenvalue weighted by Gasteiger charge is 2.54. The molecule has 1 aliphatic heterocycles. The van der Waals surface area contributed by atoms with Gasteiger partial charge in [-0.2, -0.15) is 0 Å². The van der Waals surface area contributed by atoms with E-state index in [2.05, 4.69) is 10.5 Å². The van der Waals surface area contributed by atoms with Crippen LogP contribution in [0.1, 0.15) is 18.5 Å². The SMILES string of the molecule is O=C(Nc1ccc(F)c(F)c1F)C1(c2cc(-c3ccc4c(c3)OCO4)on2)CC1. The molecule has 9 heteroatoms. The molecule has 1 aromatic heterocycles. The van der Waals surface area contributed by atoms with Gasteiger partial charge in [-0.25, -0.2) is 13.2 Å². The van der Waals surface area contributed by atoms with Crippen LogP contribution in [-0.2, 0) is 10.2 Å². The van der Waals surface area contributed by atoms with Crippen LogP contribution in [0.2, 0.25) is 0 Å². The average Bonchev–Trinajstić information content (AvgIpc) is 3.15. The number of anilines is 1. The highest BCUT2D eigenvalue weighted by Crippen LogP contribution is 2.49. The zero-order valence-corrected chi connectivity index (χ0v) is 14.8. The van der Waals surface area contributed by atoms with Gasteiger partial charge in [0.15, 0.2) is 34.7 Å². The second kappa shape index (κ2) is 6.26. The van der Waals surface area contributed by atoms with Crippen molar-refractivity contribution < 1.29 is 32.0 Å². The van der Waals surface area contributed by atoms with Gasteiger partial charge in [0.2, 0.25) is 12.7 Å². The summed E-state index contributed by atoms with van der Waals surface area (Å²) in [5.41, 5.74) is -0.365. The molecule has 2 aromatic carbocycles. The lowest BCUT2D eigenvalue weighted by Crippen LogP contribution is -2.28. The van der Waals surface area contributed by atoms with Crippen molar-refractivity contribution in [2.24, 2.45) is 0 Å². The predicted octanol–water partition coefficient (Wildman–Crippen LogP) is 4.16. The van der Waals surface area contributed by atoms with Gasteiger partial charge in [-0.1, -0.05) is 5.16 Å². The Hall–Kier alpha value is -3.49. The molecule has 2 aliphatic rings. The quantitative estimate of drug-likeness (QED) is 0.664. The first-order chi connectivity index (χ1) is 14.0.